The maximum Gasteiger partial charge on any atom is 0.327 e. The Bertz CT molecular complexity index is 721. The number of rotatable bonds is 1. The van der Waals surface area contributed by atoms with Gasteiger partial charge in [-0.3, -0.25) is 20.4 Å². The Hall–Kier alpha value is -2.45. The van der Waals surface area contributed by atoms with Crippen LogP contribution in [0, 0.1) is 0 Å². The van der Waals surface area contributed by atoms with Crippen molar-refractivity contribution in [2.45, 2.75) is 31.5 Å². The Kier molecular flexibility index (Phi) is 3.33. The fourth-order valence-corrected chi connectivity index (χ4v) is 3.75. The number of amides is 3. The summed E-state index contributed by atoms with van der Waals surface area (Å²) in [7, 11) is 3.23. The molecule has 3 heterocycles. The fraction of sp³-hybridized carbons (Fsp3) is 0.438. The summed E-state index contributed by atoms with van der Waals surface area (Å²) in [5.41, 5.74) is 4.97. The first-order valence-corrected chi connectivity index (χ1v) is 7.97. The lowest BCUT2D eigenvalue weighted by molar-refractivity contribution is -0.137. The van der Waals surface area contributed by atoms with E-state index in [9.17, 15) is 9.59 Å². The van der Waals surface area contributed by atoms with Gasteiger partial charge in [0.1, 0.15) is 12.2 Å². The minimum Gasteiger partial charge on any atom is -0.310 e. The SMILES string of the molecule is CC1C(c2ccccc2)=NNC2NC3C(C(=O)N(C)C(=O)N3C)N21. The molecule has 2 saturated heterocycles. The number of carbonyl (C=O) groups is 2. The minimum absolute atomic E-state index is 0.0693. The molecule has 3 amide bonds. The molecule has 8 nitrogen and oxygen atoms in total. The van der Waals surface area contributed by atoms with Crippen LogP contribution in [-0.2, 0) is 4.79 Å². The van der Waals surface area contributed by atoms with Crippen molar-refractivity contribution < 1.29 is 9.59 Å². The third-order valence-corrected chi connectivity index (χ3v) is 5.06. The summed E-state index contributed by atoms with van der Waals surface area (Å²) in [6.45, 7) is 2.04. The molecule has 0 saturated carbocycles. The number of fused-ring (bicyclic) bond motifs is 3. The van der Waals surface area contributed by atoms with Crippen molar-refractivity contribution >= 4 is 17.6 Å². The normalized spacial score (nSPS) is 33.0. The summed E-state index contributed by atoms with van der Waals surface area (Å²) in [6, 6.07) is 9.08. The van der Waals surface area contributed by atoms with Gasteiger partial charge in [0, 0.05) is 14.1 Å². The van der Waals surface area contributed by atoms with E-state index in [1.165, 1.54) is 11.9 Å². The van der Waals surface area contributed by atoms with E-state index in [0.29, 0.717) is 0 Å². The van der Waals surface area contributed by atoms with Crippen LogP contribution in [0.25, 0.3) is 0 Å². The molecule has 0 aliphatic carbocycles. The second kappa shape index (κ2) is 5.29. The van der Waals surface area contributed by atoms with Crippen LogP contribution in [0.1, 0.15) is 12.5 Å². The quantitative estimate of drug-likeness (QED) is 0.746. The van der Waals surface area contributed by atoms with Gasteiger partial charge in [0.15, 0.2) is 6.29 Å². The highest BCUT2D eigenvalue weighted by atomic mass is 16.2. The average Bonchev–Trinajstić information content (AvgIpc) is 3.00. The summed E-state index contributed by atoms with van der Waals surface area (Å²) >= 11 is 0. The van der Waals surface area contributed by atoms with E-state index in [0.717, 1.165) is 11.3 Å². The second-order valence-electron chi connectivity index (χ2n) is 6.36. The van der Waals surface area contributed by atoms with Crippen molar-refractivity contribution in [1.82, 2.24) is 25.4 Å². The number of hydrogen-bond acceptors (Lipinski definition) is 6. The molecular formula is C16H20N6O2. The molecular weight excluding hydrogens is 308 g/mol. The number of carbonyl (C=O) groups excluding carboxylic acids is 2. The molecule has 0 aromatic heterocycles. The van der Waals surface area contributed by atoms with Gasteiger partial charge < -0.3 is 4.90 Å². The first-order valence-electron chi connectivity index (χ1n) is 7.97. The van der Waals surface area contributed by atoms with Crippen LogP contribution >= 0.6 is 0 Å². The second-order valence-corrected chi connectivity index (χ2v) is 6.36. The topological polar surface area (TPSA) is 80.3 Å². The molecule has 2 fully saturated rings. The molecule has 1 aromatic carbocycles. The Morgan fingerprint density at radius 2 is 1.83 bits per heavy atom. The summed E-state index contributed by atoms with van der Waals surface area (Å²) in [5, 5.41) is 7.80. The fourth-order valence-electron chi connectivity index (χ4n) is 3.75. The molecule has 4 unspecified atom stereocenters. The number of urea groups is 1. The highest BCUT2D eigenvalue weighted by Gasteiger charge is 2.56. The Morgan fingerprint density at radius 1 is 1.12 bits per heavy atom. The molecule has 1 aromatic rings. The van der Waals surface area contributed by atoms with Gasteiger partial charge in [-0.25, -0.2) is 9.69 Å². The Balaban J connectivity index is 1.70. The molecule has 126 valence electrons. The van der Waals surface area contributed by atoms with E-state index in [4.69, 9.17) is 0 Å². The van der Waals surface area contributed by atoms with Crippen molar-refractivity contribution in [3.8, 4) is 0 Å². The molecule has 24 heavy (non-hydrogen) atoms. The van der Waals surface area contributed by atoms with E-state index in [1.807, 2.05) is 37.3 Å². The van der Waals surface area contributed by atoms with Crippen molar-refractivity contribution in [2.24, 2.45) is 5.10 Å². The van der Waals surface area contributed by atoms with E-state index in [-0.39, 0.29) is 30.4 Å². The lowest BCUT2D eigenvalue weighted by Crippen LogP contribution is -2.66. The molecule has 3 aliphatic rings. The molecule has 0 radical (unpaired) electrons. The zero-order valence-corrected chi connectivity index (χ0v) is 13.8. The highest BCUT2D eigenvalue weighted by molar-refractivity contribution is 6.05. The van der Waals surface area contributed by atoms with Gasteiger partial charge in [-0.15, -0.1) is 0 Å². The van der Waals surface area contributed by atoms with Crippen molar-refractivity contribution in [3.63, 3.8) is 0 Å². The number of hydrazone groups is 1. The number of imide groups is 1. The lowest BCUT2D eigenvalue weighted by atomic mass is 10.00. The van der Waals surface area contributed by atoms with Gasteiger partial charge in [0.25, 0.3) is 5.91 Å². The molecule has 3 aliphatic heterocycles. The van der Waals surface area contributed by atoms with Crippen LogP contribution in [0.4, 0.5) is 4.79 Å². The third kappa shape index (κ3) is 1.96. The number of likely N-dealkylation sites (N-methyl/N-ethyl adjacent to an activating group) is 2. The molecule has 2 N–H and O–H groups in total. The van der Waals surface area contributed by atoms with E-state index in [2.05, 4.69) is 20.7 Å². The number of hydrogen-bond donors (Lipinski definition) is 2. The summed E-state index contributed by atoms with van der Waals surface area (Å²) in [6.07, 6.45) is -0.653. The zero-order chi connectivity index (χ0) is 17.0. The average molecular weight is 328 g/mol. The minimum atomic E-state index is -0.445. The van der Waals surface area contributed by atoms with Crippen molar-refractivity contribution in [3.05, 3.63) is 35.9 Å². The molecule has 0 spiro atoms. The number of nitrogens with zero attached hydrogens (tertiary/aromatic N) is 4. The standard InChI is InChI=1S/C16H20N6O2/c1-9-11(10-7-5-4-6-8-10)18-19-15-17-13-12(22(9)15)14(23)21(3)16(24)20(13)2/h4-9,12-13,15,17,19H,1-3H3. The van der Waals surface area contributed by atoms with Crippen LogP contribution in [-0.4, -0.2) is 71.0 Å². The molecule has 8 heteroatoms. The van der Waals surface area contributed by atoms with Crippen LogP contribution in [0.15, 0.2) is 35.4 Å². The zero-order valence-electron chi connectivity index (χ0n) is 13.8. The van der Waals surface area contributed by atoms with E-state index < -0.39 is 6.04 Å². The summed E-state index contributed by atoms with van der Waals surface area (Å²) < 4.78 is 0. The van der Waals surface area contributed by atoms with Crippen LogP contribution in [0.2, 0.25) is 0 Å². The largest absolute Gasteiger partial charge is 0.327 e. The highest BCUT2D eigenvalue weighted by Crippen LogP contribution is 2.30. The first kappa shape index (κ1) is 15.1. The van der Waals surface area contributed by atoms with Gasteiger partial charge in [-0.05, 0) is 12.5 Å². The predicted molar refractivity (Wildman–Crippen MR) is 87.8 cm³/mol. The molecule has 4 atom stereocenters. The monoisotopic (exact) mass is 328 g/mol. The van der Waals surface area contributed by atoms with Gasteiger partial charge >= 0.3 is 6.03 Å². The lowest BCUT2D eigenvalue weighted by Gasteiger charge is -2.42. The van der Waals surface area contributed by atoms with Crippen molar-refractivity contribution in [2.75, 3.05) is 14.1 Å². The smallest absolute Gasteiger partial charge is 0.310 e. The van der Waals surface area contributed by atoms with Crippen molar-refractivity contribution in [1.29, 1.82) is 0 Å². The molecule has 0 bridgehead atoms. The van der Waals surface area contributed by atoms with Gasteiger partial charge in [-0.1, -0.05) is 30.3 Å². The van der Waals surface area contributed by atoms with Crippen LogP contribution in [0.5, 0.6) is 0 Å². The van der Waals surface area contributed by atoms with Crippen LogP contribution in [0.3, 0.4) is 0 Å². The third-order valence-electron chi connectivity index (χ3n) is 5.06. The predicted octanol–water partition coefficient (Wildman–Crippen LogP) is -0.210. The maximum atomic E-state index is 12.7. The maximum absolute atomic E-state index is 12.7. The number of nitrogens with one attached hydrogen (secondary N) is 2. The van der Waals surface area contributed by atoms with Gasteiger partial charge in [0.05, 0.1) is 11.8 Å². The van der Waals surface area contributed by atoms with E-state index >= 15 is 0 Å². The summed E-state index contributed by atoms with van der Waals surface area (Å²) in [5.74, 6) is -0.193. The Labute approximate surface area is 140 Å². The first-order chi connectivity index (χ1) is 11.5. The molecule has 4 rings (SSSR count). The van der Waals surface area contributed by atoms with E-state index in [1.54, 1.807) is 11.9 Å². The summed E-state index contributed by atoms with van der Waals surface area (Å²) in [4.78, 5) is 29.7. The Morgan fingerprint density at radius 3 is 2.54 bits per heavy atom. The van der Waals surface area contributed by atoms with Crippen LogP contribution < -0.4 is 10.7 Å². The van der Waals surface area contributed by atoms with Gasteiger partial charge in [0.2, 0.25) is 0 Å². The van der Waals surface area contributed by atoms with Gasteiger partial charge in [-0.2, -0.15) is 5.10 Å². The number of benzene rings is 1.